The van der Waals surface area contributed by atoms with Crippen molar-refractivity contribution in [1.29, 1.82) is 0 Å². The van der Waals surface area contributed by atoms with Gasteiger partial charge in [0.15, 0.2) is 5.75 Å². The van der Waals surface area contributed by atoms with Crippen molar-refractivity contribution in [2.75, 3.05) is 4.90 Å². The summed E-state index contributed by atoms with van der Waals surface area (Å²) in [6.07, 6.45) is 0. The predicted molar refractivity (Wildman–Crippen MR) is 113 cm³/mol. The topological polar surface area (TPSA) is 72.7 Å². The van der Waals surface area contributed by atoms with Gasteiger partial charge in [0.2, 0.25) is 0 Å². The molecule has 0 fully saturated rings. The smallest absolute Gasteiger partial charge is 0.273 e. The van der Waals surface area contributed by atoms with E-state index in [9.17, 15) is 19.3 Å². The Morgan fingerprint density at radius 2 is 1.79 bits per heavy atom. The number of halogens is 3. The molecule has 0 unspecified atom stereocenters. The average molecular weight is 555 g/mol. The van der Waals surface area contributed by atoms with E-state index in [0.717, 1.165) is 3.57 Å². The highest BCUT2D eigenvalue weighted by atomic mass is 127. The SMILES string of the molecule is O=C1c2cc(I)ccc2Oc2cc([N+](=O)[O-])ccc2N1c1ccc(Br)cc1F. The number of nitro groups is 1. The first-order chi connectivity index (χ1) is 13.3. The van der Waals surface area contributed by atoms with E-state index in [1.165, 1.54) is 35.2 Å². The van der Waals surface area contributed by atoms with Gasteiger partial charge in [0, 0.05) is 14.1 Å². The van der Waals surface area contributed by atoms with Crippen LogP contribution in [0.15, 0.2) is 59.1 Å². The lowest BCUT2D eigenvalue weighted by molar-refractivity contribution is -0.384. The molecule has 1 aliphatic rings. The Morgan fingerprint density at radius 1 is 1.04 bits per heavy atom. The zero-order chi connectivity index (χ0) is 20.0. The summed E-state index contributed by atoms with van der Waals surface area (Å²) in [6.45, 7) is 0. The Bertz CT molecular complexity index is 1150. The molecule has 0 saturated carbocycles. The van der Waals surface area contributed by atoms with E-state index in [1.807, 2.05) is 0 Å². The number of nitrogens with zero attached hydrogens (tertiary/aromatic N) is 2. The number of ether oxygens (including phenoxy) is 1. The molecule has 0 bridgehead atoms. The van der Waals surface area contributed by atoms with Gasteiger partial charge in [-0.25, -0.2) is 4.39 Å². The molecule has 0 aliphatic carbocycles. The number of rotatable bonds is 2. The molecule has 1 amide bonds. The lowest BCUT2D eigenvalue weighted by atomic mass is 10.1. The Morgan fingerprint density at radius 3 is 2.50 bits per heavy atom. The van der Waals surface area contributed by atoms with Crippen LogP contribution in [0.3, 0.4) is 0 Å². The molecule has 0 atom stereocenters. The van der Waals surface area contributed by atoms with Gasteiger partial charge in [0.1, 0.15) is 11.6 Å². The number of non-ortho nitro benzene ring substituents is 1. The van der Waals surface area contributed by atoms with Crippen LogP contribution in [0.1, 0.15) is 10.4 Å². The number of anilines is 2. The van der Waals surface area contributed by atoms with Crippen molar-refractivity contribution in [2.24, 2.45) is 0 Å². The fourth-order valence-electron chi connectivity index (χ4n) is 2.89. The predicted octanol–water partition coefficient (Wildman–Crippen LogP) is 6.19. The highest BCUT2D eigenvalue weighted by Gasteiger charge is 2.32. The van der Waals surface area contributed by atoms with Gasteiger partial charge in [0.05, 0.1) is 27.9 Å². The normalized spacial score (nSPS) is 12.7. The monoisotopic (exact) mass is 554 g/mol. The van der Waals surface area contributed by atoms with Crippen molar-refractivity contribution >= 4 is 61.5 Å². The Kier molecular flexibility index (Phi) is 4.79. The van der Waals surface area contributed by atoms with Gasteiger partial charge < -0.3 is 4.74 Å². The third-order valence-electron chi connectivity index (χ3n) is 4.14. The minimum Gasteiger partial charge on any atom is -0.454 e. The van der Waals surface area contributed by atoms with Crippen LogP contribution < -0.4 is 9.64 Å². The van der Waals surface area contributed by atoms with Crippen molar-refractivity contribution in [3.63, 3.8) is 0 Å². The van der Waals surface area contributed by atoms with E-state index in [-0.39, 0.29) is 34.1 Å². The summed E-state index contributed by atoms with van der Waals surface area (Å²) in [6, 6.07) is 13.2. The van der Waals surface area contributed by atoms with Crippen LogP contribution in [-0.2, 0) is 0 Å². The molecular formula is C19H9BrFIN2O4. The van der Waals surface area contributed by atoms with E-state index in [4.69, 9.17) is 4.74 Å². The van der Waals surface area contributed by atoms with Crippen LogP contribution in [0.2, 0.25) is 0 Å². The first kappa shape index (κ1) is 18.8. The summed E-state index contributed by atoms with van der Waals surface area (Å²) in [7, 11) is 0. The van der Waals surface area contributed by atoms with E-state index in [2.05, 4.69) is 38.5 Å². The van der Waals surface area contributed by atoms with Crippen LogP contribution in [-0.4, -0.2) is 10.8 Å². The highest BCUT2D eigenvalue weighted by molar-refractivity contribution is 14.1. The second kappa shape index (κ2) is 7.13. The molecular weight excluding hydrogens is 546 g/mol. The van der Waals surface area contributed by atoms with Gasteiger partial charge >= 0.3 is 0 Å². The Balaban J connectivity index is 2.00. The largest absolute Gasteiger partial charge is 0.454 e. The minimum absolute atomic E-state index is 0.0126. The van der Waals surface area contributed by atoms with Gasteiger partial charge in [-0.15, -0.1) is 0 Å². The fourth-order valence-corrected chi connectivity index (χ4v) is 3.72. The summed E-state index contributed by atoms with van der Waals surface area (Å²) < 4.78 is 21.9. The van der Waals surface area contributed by atoms with Crippen molar-refractivity contribution in [3.05, 3.63) is 84.1 Å². The molecule has 3 aromatic rings. The zero-order valence-corrected chi connectivity index (χ0v) is 17.6. The van der Waals surface area contributed by atoms with Crippen molar-refractivity contribution < 1.29 is 18.8 Å². The number of nitro benzene ring substituents is 1. The van der Waals surface area contributed by atoms with E-state index in [1.54, 1.807) is 24.3 Å². The van der Waals surface area contributed by atoms with Crippen molar-refractivity contribution in [3.8, 4) is 11.5 Å². The summed E-state index contributed by atoms with van der Waals surface area (Å²) in [5, 5.41) is 11.2. The van der Waals surface area contributed by atoms with Crippen molar-refractivity contribution in [2.45, 2.75) is 0 Å². The van der Waals surface area contributed by atoms with E-state index in [0.29, 0.717) is 4.47 Å². The van der Waals surface area contributed by atoms with Crippen LogP contribution >= 0.6 is 38.5 Å². The molecule has 0 saturated heterocycles. The first-order valence-corrected chi connectivity index (χ1v) is 9.77. The van der Waals surface area contributed by atoms with Crippen LogP contribution in [0.25, 0.3) is 0 Å². The number of carbonyl (C=O) groups excluding carboxylic acids is 1. The Hall–Kier alpha value is -2.53. The molecule has 0 aromatic heterocycles. The summed E-state index contributed by atoms with van der Waals surface area (Å²) in [5.74, 6) is -0.791. The molecule has 1 heterocycles. The number of amides is 1. The molecule has 3 aromatic carbocycles. The lowest BCUT2D eigenvalue weighted by Crippen LogP contribution is -2.26. The molecule has 0 radical (unpaired) electrons. The van der Waals surface area contributed by atoms with Gasteiger partial charge in [-0.05, 0) is 65.1 Å². The number of benzene rings is 3. The second-order valence-corrected chi connectivity index (χ2v) is 8.05. The molecule has 9 heteroatoms. The third kappa shape index (κ3) is 3.24. The van der Waals surface area contributed by atoms with Gasteiger partial charge in [-0.2, -0.15) is 0 Å². The molecule has 1 aliphatic heterocycles. The third-order valence-corrected chi connectivity index (χ3v) is 5.31. The van der Waals surface area contributed by atoms with Gasteiger partial charge in [-0.3, -0.25) is 19.8 Å². The van der Waals surface area contributed by atoms with Gasteiger partial charge in [0.25, 0.3) is 11.6 Å². The number of carbonyl (C=O) groups is 1. The fraction of sp³-hybridized carbons (Fsp3) is 0. The molecule has 28 heavy (non-hydrogen) atoms. The summed E-state index contributed by atoms with van der Waals surface area (Å²) >= 11 is 5.26. The molecule has 6 nitrogen and oxygen atoms in total. The quantitative estimate of drug-likeness (QED) is 0.215. The van der Waals surface area contributed by atoms with Crippen LogP contribution in [0.5, 0.6) is 11.5 Å². The molecule has 140 valence electrons. The maximum absolute atomic E-state index is 14.7. The number of hydrogen-bond donors (Lipinski definition) is 0. The zero-order valence-electron chi connectivity index (χ0n) is 13.9. The highest BCUT2D eigenvalue weighted by Crippen LogP contribution is 2.45. The van der Waals surface area contributed by atoms with Crippen molar-refractivity contribution in [1.82, 2.24) is 0 Å². The second-order valence-electron chi connectivity index (χ2n) is 5.89. The molecule has 0 spiro atoms. The first-order valence-electron chi connectivity index (χ1n) is 7.90. The van der Waals surface area contributed by atoms with Gasteiger partial charge in [-0.1, -0.05) is 15.9 Å². The van der Waals surface area contributed by atoms with Crippen LogP contribution in [0, 0.1) is 19.5 Å². The minimum atomic E-state index is -0.624. The maximum Gasteiger partial charge on any atom is 0.273 e. The molecule has 4 rings (SSSR count). The summed E-state index contributed by atoms with van der Waals surface area (Å²) in [4.78, 5) is 25.1. The Labute approximate surface area is 180 Å². The van der Waals surface area contributed by atoms with E-state index < -0.39 is 16.6 Å². The average Bonchev–Trinajstić information content (AvgIpc) is 2.76. The maximum atomic E-state index is 14.7. The summed E-state index contributed by atoms with van der Waals surface area (Å²) in [5.41, 5.74) is 0.256. The molecule has 0 N–H and O–H groups in total. The number of fused-ring (bicyclic) bond motifs is 2. The van der Waals surface area contributed by atoms with E-state index >= 15 is 0 Å². The van der Waals surface area contributed by atoms with Crippen LogP contribution in [0.4, 0.5) is 21.5 Å². The number of hydrogen-bond acceptors (Lipinski definition) is 4. The standard InChI is InChI=1S/C19H9BrFIN2O4/c20-10-1-4-15(14(21)7-10)23-16-5-3-12(24(26)27)9-18(16)28-17-6-2-11(22)8-13(17)19(23)25/h1-9H. The lowest BCUT2D eigenvalue weighted by Gasteiger charge is -2.22.